The highest BCUT2D eigenvalue weighted by Crippen LogP contribution is 2.28. The summed E-state index contributed by atoms with van der Waals surface area (Å²) in [7, 11) is 0. The zero-order chi connectivity index (χ0) is 11.4. The van der Waals surface area contributed by atoms with Crippen molar-refractivity contribution in [3.05, 3.63) is 23.3 Å². The minimum atomic E-state index is -0.245. The Morgan fingerprint density at radius 1 is 1.60 bits per heavy atom. The van der Waals surface area contributed by atoms with Gasteiger partial charge in [0.25, 0.3) is 0 Å². The predicted molar refractivity (Wildman–Crippen MR) is 54.0 cm³/mol. The monoisotopic (exact) mass is 205 g/mol. The van der Waals surface area contributed by atoms with E-state index in [4.69, 9.17) is 10.00 Å². The molecule has 78 valence electrons. The number of benzene rings is 1. The van der Waals surface area contributed by atoms with Gasteiger partial charge >= 0.3 is 0 Å². The Morgan fingerprint density at radius 2 is 2.27 bits per heavy atom. The van der Waals surface area contributed by atoms with Crippen molar-refractivity contribution in [2.45, 2.75) is 13.8 Å². The molecule has 0 amide bonds. The number of carbonyl (C=O) groups excluding carboxylic acids is 1. The highest BCUT2D eigenvalue weighted by atomic mass is 16.5. The number of carbonyl (C=O) groups is 1. The summed E-state index contributed by atoms with van der Waals surface area (Å²) < 4.78 is 5.22. The van der Waals surface area contributed by atoms with Gasteiger partial charge in [0, 0.05) is 6.07 Å². The molecule has 0 unspecified atom stereocenters. The number of Topliss-reactive ketones (excluding diaryl/α,β-unsaturated/α-hetero) is 1. The lowest BCUT2D eigenvalue weighted by atomic mass is 10.1. The fraction of sp³-hybridized carbons (Fsp3) is 0.273. The second-order valence-electron chi connectivity index (χ2n) is 2.97. The number of nitriles is 1. The van der Waals surface area contributed by atoms with Crippen LogP contribution in [-0.2, 0) is 0 Å². The summed E-state index contributed by atoms with van der Waals surface area (Å²) in [4.78, 5) is 11.3. The van der Waals surface area contributed by atoms with E-state index in [2.05, 4.69) is 0 Å². The van der Waals surface area contributed by atoms with Gasteiger partial charge in [0.1, 0.15) is 17.6 Å². The Kier molecular flexibility index (Phi) is 3.29. The lowest BCUT2D eigenvalue weighted by molar-refractivity contribution is 0.101. The smallest absolute Gasteiger partial charge is 0.163 e. The van der Waals surface area contributed by atoms with E-state index in [0.717, 1.165) is 0 Å². The maximum absolute atomic E-state index is 11.3. The molecule has 1 rings (SSSR count). The van der Waals surface area contributed by atoms with Gasteiger partial charge in [-0.25, -0.2) is 0 Å². The van der Waals surface area contributed by atoms with Crippen molar-refractivity contribution in [2.24, 2.45) is 0 Å². The van der Waals surface area contributed by atoms with Crippen LogP contribution in [0.25, 0.3) is 0 Å². The quantitative estimate of drug-likeness (QED) is 0.764. The Bertz CT molecular complexity index is 432. The molecule has 0 aliphatic heterocycles. The molecule has 0 aliphatic carbocycles. The predicted octanol–water partition coefficient (Wildman–Crippen LogP) is 1.87. The lowest BCUT2D eigenvalue weighted by Gasteiger charge is -2.10. The zero-order valence-corrected chi connectivity index (χ0v) is 8.57. The molecular formula is C11H11NO3. The Morgan fingerprint density at radius 3 is 2.73 bits per heavy atom. The van der Waals surface area contributed by atoms with Crippen LogP contribution in [0.3, 0.4) is 0 Å². The molecule has 0 bridgehead atoms. The molecule has 1 N–H and O–H groups in total. The number of phenols is 1. The van der Waals surface area contributed by atoms with E-state index in [0.29, 0.717) is 6.61 Å². The molecule has 4 heteroatoms. The van der Waals surface area contributed by atoms with Crippen LogP contribution in [0.4, 0.5) is 0 Å². The van der Waals surface area contributed by atoms with Crippen LogP contribution in [0.15, 0.2) is 12.1 Å². The lowest BCUT2D eigenvalue weighted by Crippen LogP contribution is -2.02. The Hall–Kier alpha value is -2.02. The first-order valence-electron chi connectivity index (χ1n) is 4.51. The maximum atomic E-state index is 11.3. The van der Waals surface area contributed by atoms with E-state index in [1.165, 1.54) is 19.1 Å². The molecule has 0 saturated carbocycles. The number of rotatable bonds is 3. The fourth-order valence-electron chi connectivity index (χ4n) is 1.26. The normalized spacial score (nSPS) is 9.40. The molecule has 0 spiro atoms. The summed E-state index contributed by atoms with van der Waals surface area (Å²) in [6.07, 6.45) is 0. The van der Waals surface area contributed by atoms with Crippen LogP contribution < -0.4 is 4.74 Å². The van der Waals surface area contributed by atoms with E-state index in [1.807, 2.05) is 6.07 Å². The van der Waals surface area contributed by atoms with Gasteiger partial charge < -0.3 is 9.84 Å². The summed E-state index contributed by atoms with van der Waals surface area (Å²) in [5, 5.41) is 18.1. The van der Waals surface area contributed by atoms with Crippen molar-refractivity contribution in [2.75, 3.05) is 6.61 Å². The van der Waals surface area contributed by atoms with Gasteiger partial charge in [-0.2, -0.15) is 5.26 Å². The second kappa shape index (κ2) is 4.47. The third-order valence-corrected chi connectivity index (χ3v) is 1.86. The van der Waals surface area contributed by atoms with Crippen LogP contribution in [0.5, 0.6) is 11.5 Å². The number of nitrogens with zero attached hydrogens (tertiary/aromatic N) is 1. The fourth-order valence-corrected chi connectivity index (χ4v) is 1.26. The standard InChI is InChI=1S/C11H11NO3/c1-3-15-11-8(6-12)4-9(14)5-10(11)7(2)13/h4-5,14H,3H2,1-2H3. The summed E-state index contributed by atoms with van der Waals surface area (Å²) >= 11 is 0. The highest BCUT2D eigenvalue weighted by molar-refractivity contribution is 5.98. The number of hydrogen-bond acceptors (Lipinski definition) is 4. The molecule has 1 aromatic carbocycles. The van der Waals surface area contributed by atoms with Crippen molar-refractivity contribution in [3.8, 4) is 17.6 Å². The molecule has 0 aromatic heterocycles. The first-order chi connectivity index (χ1) is 7.10. The highest BCUT2D eigenvalue weighted by Gasteiger charge is 2.15. The SMILES string of the molecule is CCOc1c(C#N)cc(O)cc1C(C)=O. The van der Waals surface area contributed by atoms with E-state index >= 15 is 0 Å². The molecule has 0 heterocycles. The van der Waals surface area contributed by atoms with Crippen molar-refractivity contribution < 1.29 is 14.6 Å². The van der Waals surface area contributed by atoms with Gasteiger partial charge in [0.05, 0.1) is 17.7 Å². The molecule has 0 fully saturated rings. The number of ketones is 1. The minimum absolute atomic E-state index is 0.111. The largest absolute Gasteiger partial charge is 0.508 e. The summed E-state index contributed by atoms with van der Waals surface area (Å²) in [5.74, 6) is -0.114. The first kappa shape index (κ1) is 11.1. The number of aromatic hydroxyl groups is 1. The van der Waals surface area contributed by atoms with Crippen molar-refractivity contribution >= 4 is 5.78 Å². The van der Waals surface area contributed by atoms with Crippen molar-refractivity contribution in [1.29, 1.82) is 5.26 Å². The summed E-state index contributed by atoms with van der Waals surface area (Å²) in [6, 6.07) is 4.45. The van der Waals surface area contributed by atoms with Gasteiger partial charge in [-0.1, -0.05) is 0 Å². The van der Waals surface area contributed by atoms with Crippen molar-refractivity contribution in [1.82, 2.24) is 0 Å². The van der Waals surface area contributed by atoms with E-state index in [1.54, 1.807) is 6.92 Å². The molecule has 0 radical (unpaired) electrons. The summed E-state index contributed by atoms with van der Waals surface area (Å²) in [6.45, 7) is 3.48. The van der Waals surface area contributed by atoms with Crippen LogP contribution in [0.2, 0.25) is 0 Å². The van der Waals surface area contributed by atoms with Crippen LogP contribution in [-0.4, -0.2) is 17.5 Å². The van der Waals surface area contributed by atoms with Gasteiger partial charge in [-0.15, -0.1) is 0 Å². The van der Waals surface area contributed by atoms with Crippen LogP contribution >= 0.6 is 0 Å². The maximum Gasteiger partial charge on any atom is 0.163 e. The van der Waals surface area contributed by atoms with Crippen LogP contribution in [0, 0.1) is 11.3 Å². The molecule has 15 heavy (non-hydrogen) atoms. The molecule has 4 nitrogen and oxygen atoms in total. The summed E-state index contributed by atoms with van der Waals surface area (Å²) in [5.41, 5.74) is 0.399. The van der Waals surface area contributed by atoms with E-state index in [9.17, 15) is 9.90 Å². The first-order valence-corrected chi connectivity index (χ1v) is 4.51. The number of phenolic OH excluding ortho intramolecular Hbond substituents is 1. The molecule has 0 saturated heterocycles. The van der Waals surface area contributed by atoms with E-state index < -0.39 is 0 Å². The second-order valence-corrected chi connectivity index (χ2v) is 2.97. The minimum Gasteiger partial charge on any atom is -0.508 e. The molecular weight excluding hydrogens is 194 g/mol. The third-order valence-electron chi connectivity index (χ3n) is 1.86. The van der Waals surface area contributed by atoms with Gasteiger partial charge in [-0.3, -0.25) is 4.79 Å². The topological polar surface area (TPSA) is 70.3 Å². The molecule has 1 aromatic rings. The molecule has 0 atom stereocenters. The molecule has 0 aliphatic rings. The van der Waals surface area contributed by atoms with Crippen LogP contribution in [0.1, 0.15) is 29.8 Å². The Balaban J connectivity index is 3.41. The Labute approximate surface area is 87.7 Å². The average Bonchev–Trinajstić information content (AvgIpc) is 2.19. The van der Waals surface area contributed by atoms with Crippen molar-refractivity contribution in [3.63, 3.8) is 0 Å². The van der Waals surface area contributed by atoms with Gasteiger partial charge in [0.2, 0.25) is 0 Å². The third kappa shape index (κ3) is 2.26. The average molecular weight is 205 g/mol. The number of ether oxygens (including phenoxy) is 1. The van der Waals surface area contributed by atoms with Gasteiger partial charge in [0.15, 0.2) is 5.78 Å². The zero-order valence-electron chi connectivity index (χ0n) is 8.57. The van der Waals surface area contributed by atoms with Gasteiger partial charge in [-0.05, 0) is 19.9 Å². The number of hydrogen-bond donors (Lipinski definition) is 1. The van der Waals surface area contributed by atoms with E-state index in [-0.39, 0.29) is 28.4 Å².